The molecule has 118 valence electrons. The van der Waals surface area contributed by atoms with Gasteiger partial charge in [0, 0.05) is 29.8 Å². The van der Waals surface area contributed by atoms with Crippen LogP contribution < -0.4 is 10.1 Å². The number of ether oxygens (including phenoxy) is 1. The van der Waals surface area contributed by atoms with Crippen molar-refractivity contribution in [3.05, 3.63) is 47.5 Å². The van der Waals surface area contributed by atoms with Crippen LogP contribution in [0.25, 0.3) is 11.4 Å². The van der Waals surface area contributed by atoms with Gasteiger partial charge in [-0.2, -0.15) is 0 Å². The lowest BCUT2D eigenvalue weighted by Gasteiger charge is -2.11. The van der Waals surface area contributed by atoms with Crippen LogP contribution in [0.1, 0.15) is 17.0 Å². The highest BCUT2D eigenvalue weighted by Gasteiger charge is 2.10. The van der Waals surface area contributed by atoms with Gasteiger partial charge in [0.25, 0.3) is 0 Å². The van der Waals surface area contributed by atoms with E-state index in [-0.39, 0.29) is 0 Å². The van der Waals surface area contributed by atoms with Crippen LogP contribution in [-0.2, 0) is 0 Å². The molecule has 0 radical (unpaired) electrons. The van der Waals surface area contributed by atoms with Gasteiger partial charge in [0.15, 0.2) is 0 Å². The van der Waals surface area contributed by atoms with Gasteiger partial charge >= 0.3 is 0 Å². The van der Waals surface area contributed by atoms with Crippen LogP contribution >= 0.6 is 0 Å². The summed E-state index contributed by atoms with van der Waals surface area (Å²) < 4.78 is 5.49. The molecule has 2 aromatic heterocycles. The zero-order chi connectivity index (χ0) is 16.4. The van der Waals surface area contributed by atoms with Gasteiger partial charge in [-0.15, -0.1) is 0 Å². The summed E-state index contributed by atoms with van der Waals surface area (Å²) in [5.74, 6) is 2.08. The molecule has 0 saturated heterocycles. The third kappa shape index (κ3) is 3.15. The molecule has 0 aliphatic carbocycles. The predicted molar refractivity (Wildman–Crippen MR) is 90.1 cm³/mol. The first-order valence-electron chi connectivity index (χ1n) is 7.34. The molecule has 0 aliphatic rings. The Hall–Kier alpha value is -2.89. The van der Waals surface area contributed by atoms with Gasteiger partial charge in [0.05, 0.1) is 18.4 Å². The number of methoxy groups -OCH3 is 1. The fraction of sp³-hybridized carbons (Fsp3) is 0.235. The first-order chi connectivity index (χ1) is 11.1. The molecule has 0 spiro atoms. The maximum absolute atomic E-state index is 5.49. The number of aromatic nitrogens is 4. The zero-order valence-corrected chi connectivity index (χ0v) is 13.6. The Balaban J connectivity index is 1.91. The SMILES string of the molecule is COc1cc(Nc2ncc(C)c(C)n2)ccc1-c1nc(C)c[nH]1. The predicted octanol–water partition coefficient (Wildman–Crippen LogP) is 3.54. The summed E-state index contributed by atoms with van der Waals surface area (Å²) in [5.41, 5.74) is 4.73. The van der Waals surface area contributed by atoms with E-state index in [4.69, 9.17) is 4.74 Å². The number of benzene rings is 1. The van der Waals surface area contributed by atoms with Crippen LogP contribution in [-0.4, -0.2) is 27.0 Å². The van der Waals surface area contributed by atoms with Crippen LogP contribution in [0.5, 0.6) is 5.75 Å². The van der Waals surface area contributed by atoms with E-state index in [2.05, 4.69) is 25.3 Å². The summed E-state index contributed by atoms with van der Waals surface area (Å²) in [6.45, 7) is 5.90. The lowest BCUT2D eigenvalue weighted by atomic mass is 10.1. The summed E-state index contributed by atoms with van der Waals surface area (Å²) in [7, 11) is 1.64. The minimum atomic E-state index is 0.566. The Labute approximate surface area is 135 Å². The Morgan fingerprint density at radius 3 is 2.61 bits per heavy atom. The molecular weight excluding hydrogens is 290 g/mol. The molecule has 1 aromatic carbocycles. The lowest BCUT2D eigenvalue weighted by molar-refractivity contribution is 0.416. The average Bonchev–Trinajstić information content (AvgIpc) is 2.97. The third-order valence-corrected chi connectivity index (χ3v) is 3.64. The van der Waals surface area contributed by atoms with E-state index in [1.165, 1.54) is 0 Å². The molecule has 6 nitrogen and oxygen atoms in total. The second kappa shape index (κ2) is 6.08. The maximum atomic E-state index is 5.49. The Bertz CT molecular complexity index is 841. The van der Waals surface area contributed by atoms with E-state index in [9.17, 15) is 0 Å². The highest BCUT2D eigenvalue weighted by Crippen LogP contribution is 2.31. The van der Waals surface area contributed by atoms with Gasteiger partial charge in [-0.05, 0) is 38.5 Å². The first-order valence-corrected chi connectivity index (χ1v) is 7.34. The van der Waals surface area contributed by atoms with Crippen molar-refractivity contribution in [1.29, 1.82) is 0 Å². The quantitative estimate of drug-likeness (QED) is 0.771. The normalized spacial score (nSPS) is 10.6. The third-order valence-electron chi connectivity index (χ3n) is 3.64. The van der Waals surface area contributed by atoms with Crippen LogP contribution in [0.3, 0.4) is 0 Å². The standard InChI is InChI=1S/C17H19N5O/c1-10-8-19-17(21-12(10)3)22-13-5-6-14(15(7-13)23-4)16-18-9-11(2)20-16/h5-9H,1-4H3,(H,18,20)(H,19,21,22). The van der Waals surface area contributed by atoms with Gasteiger partial charge in [0.1, 0.15) is 11.6 Å². The molecule has 0 unspecified atom stereocenters. The monoisotopic (exact) mass is 309 g/mol. The molecule has 23 heavy (non-hydrogen) atoms. The molecule has 2 heterocycles. The van der Waals surface area contributed by atoms with Crippen molar-refractivity contribution in [3.63, 3.8) is 0 Å². The van der Waals surface area contributed by atoms with Crippen molar-refractivity contribution < 1.29 is 4.74 Å². The number of anilines is 2. The summed E-state index contributed by atoms with van der Waals surface area (Å²) in [4.78, 5) is 16.3. The molecule has 6 heteroatoms. The van der Waals surface area contributed by atoms with Crippen LogP contribution in [0.15, 0.2) is 30.6 Å². The number of aromatic amines is 1. The number of imidazole rings is 1. The van der Waals surface area contributed by atoms with Gasteiger partial charge in [-0.1, -0.05) is 0 Å². The number of hydrogen-bond acceptors (Lipinski definition) is 5. The van der Waals surface area contributed by atoms with E-state index in [0.717, 1.165) is 39.8 Å². The van der Waals surface area contributed by atoms with E-state index in [0.29, 0.717) is 5.95 Å². The fourth-order valence-electron chi connectivity index (χ4n) is 2.23. The Morgan fingerprint density at radius 2 is 1.96 bits per heavy atom. The first kappa shape index (κ1) is 15.0. The molecule has 0 bridgehead atoms. The zero-order valence-electron chi connectivity index (χ0n) is 13.6. The van der Waals surface area contributed by atoms with Crippen molar-refractivity contribution in [2.75, 3.05) is 12.4 Å². The molecule has 0 aliphatic heterocycles. The van der Waals surface area contributed by atoms with Crippen LogP contribution in [0, 0.1) is 20.8 Å². The molecule has 0 amide bonds. The van der Waals surface area contributed by atoms with Crippen molar-refractivity contribution in [1.82, 2.24) is 19.9 Å². The van der Waals surface area contributed by atoms with E-state index >= 15 is 0 Å². The van der Waals surface area contributed by atoms with Gasteiger partial charge in [-0.25, -0.2) is 15.0 Å². The molecule has 0 saturated carbocycles. The summed E-state index contributed by atoms with van der Waals surface area (Å²) in [6.07, 6.45) is 3.67. The summed E-state index contributed by atoms with van der Waals surface area (Å²) in [6, 6.07) is 5.82. The number of nitrogens with zero attached hydrogens (tertiary/aromatic N) is 3. The number of hydrogen-bond donors (Lipinski definition) is 2. The molecule has 3 aromatic rings. The molecule has 3 rings (SSSR count). The highest BCUT2D eigenvalue weighted by atomic mass is 16.5. The fourth-order valence-corrected chi connectivity index (χ4v) is 2.23. The lowest BCUT2D eigenvalue weighted by Crippen LogP contribution is -2.00. The minimum absolute atomic E-state index is 0.566. The smallest absolute Gasteiger partial charge is 0.227 e. The van der Waals surface area contributed by atoms with E-state index in [1.54, 1.807) is 7.11 Å². The largest absolute Gasteiger partial charge is 0.496 e. The van der Waals surface area contributed by atoms with Crippen molar-refractivity contribution in [3.8, 4) is 17.1 Å². The second-order valence-corrected chi connectivity index (χ2v) is 5.39. The van der Waals surface area contributed by atoms with Gasteiger partial charge in [0.2, 0.25) is 5.95 Å². The molecule has 2 N–H and O–H groups in total. The van der Waals surface area contributed by atoms with Crippen molar-refractivity contribution >= 4 is 11.6 Å². The highest BCUT2D eigenvalue weighted by molar-refractivity contribution is 5.70. The van der Waals surface area contributed by atoms with E-state index in [1.807, 2.05) is 51.4 Å². The molecule has 0 atom stereocenters. The second-order valence-electron chi connectivity index (χ2n) is 5.39. The molecule has 0 fully saturated rings. The Morgan fingerprint density at radius 1 is 1.13 bits per heavy atom. The Kier molecular flexibility index (Phi) is 3.97. The van der Waals surface area contributed by atoms with Crippen molar-refractivity contribution in [2.45, 2.75) is 20.8 Å². The minimum Gasteiger partial charge on any atom is -0.496 e. The number of H-pyrrole nitrogens is 1. The number of rotatable bonds is 4. The van der Waals surface area contributed by atoms with Crippen LogP contribution in [0.4, 0.5) is 11.6 Å². The maximum Gasteiger partial charge on any atom is 0.227 e. The average molecular weight is 309 g/mol. The topological polar surface area (TPSA) is 75.7 Å². The number of aryl methyl sites for hydroxylation is 3. The summed E-state index contributed by atoms with van der Waals surface area (Å²) in [5, 5.41) is 3.20. The van der Waals surface area contributed by atoms with Gasteiger partial charge < -0.3 is 15.0 Å². The van der Waals surface area contributed by atoms with Gasteiger partial charge in [-0.3, -0.25) is 0 Å². The van der Waals surface area contributed by atoms with E-state index < -0.39 is 0 Å². The molecular formula is C17H19N5O. The number of nitrogens with one attached hydrogen (secondary N) is 2. The van der Waals surface area contributed by atoms with Crippen molar-refractivity contribution in [2.24, 2.45) is 0 Å². The summed E-state index contributed by atoms with van der Waals surface area (Å²) >= 11 is 0. The van der Waals surface area contributed by atoms with Crippen LogP contribution in [0.2, 0.25) is 0 Å².